The first-order valence-electron chi connectivity index (χ1n) is 8.81. The van der Waals surface area contributed by atoms with E-state index in [-0.39, 0.29) is 16.5 Å². The molecule has 1 aromatic heterocycles. The molecule has 12 heteroatoms. The predicted octanol–water partition coefficient (Wildman–Crippen LogP) is 3.26. The molecule has 7 nitrogen and oxygen atoms in total. The number of nitrogens with zero attached hydrogens (tertiary/aromatic N) is 2. The van der Waals surface area contributed by atoms with Crippen LogP contribution < -0.4 is 10.6 Å². The zero-order valence-corrected chi connectivity index (χ0v) is 16.7. The van der Waals surface area contributed by atoms with E-state index in [2.05, 4.69) is 20.5 Å². The van der Waals surface area contributed by atoms with E-state index in [4.69, 9.17) is 0 Å². The van der Waals surface area contributed by atoms with Crippen LogP contribution in [-0.2, 0) is 9.59 Å². The second-order valence-corrected chi connectivity index (χ2v) is 7.50. The number of thioether (sulfide) groups is 1. The second-order valence-electron chi connectivity index (χ2n) is 6.20. The maximum atomic E-state index is 13.8. The molecule has 0 radical (unpaired) electrons. The summed E-state index contributed by atoms with van der Waals surface area (Å²) in [5.41, 5.74) is -0.331. The average Bonchev–Trinajstić information content (AvgIpc) is 3.20. The summed E-state index contributed by atoms with van der Waals surface area (Å²) in [5.74, 6) is -6.32. The fourth-order valence-electron chi connectivity index (χ4n) is 2.41. The number of benzene rings is 2. The van der Waals surface area contributed by atoms with E-state index in [1.54, 1.807) is 6.07 Å². The zero-order valence-electron chi connectivity index (χ0n) is 15.9. The third kappa shape index (κ3) is 5.40. The maximum absolute atomic E-state index is 13.8. The monoisotopic (exact) mass is 453 g/mol. The summed E-state index contributed by atoms with van der Waals surface area (Å²) in [6.07, 6.45) is 0. The van der Waals surface area contributed by atoms with Crippen molar-refractivity contribution in [3.63, 3.8) is 0 Å². The van der Waals surface area contributed by atoms with Gasteiger partial charge in [-0.2, -0.15) is 0 Å². The van der Waals surface area contributed by atoms with Gasteiger partial charge in [-0.25, -0.2) is 22.5 Å². The van der Waals surface area contributed by atoms with Crippen LogP contribution in [0.4, 0.5) is 23.2 Å². The Bertz CT molecular complexity index is 1120. The first-order valence-corrected chi connectivity index (χ1v) is 9.69. The zero-order chi connectivity index (χ0) is 22.5. The highest BCUT2D eigenvalue weighted by Crippen LogP contribution is 2.24. The lowest BCUT2D eigenvalue weighted by molar-refractivity contribution is -0.123. The lowest BCUT2D eigenvalue weighted by atomic mass is 10.2. The van der Waals surface area contributed by atoms with Gasteiger partial charge in [-0.3, -0.25) is 14.7 Å². The third-order valence-electron chi connectivity index (χ3n) is 3.98. The molecule has 0 saturated carbocycles. The Balaban J connectivity index is 1.53. The molecule has 0 aliphatic rings. The normalized spacial score (nSPS) is 11.8. The van der Waals surface area contributed by atoms with Crippen molar-refractivity contribution in [2.45, 2.75) is 17.3 Å². The van der Waals surface area contributed by atoms with Crippen LogP contribution in [0.25, 0.3) is 11.4 Å². The molecule has 3 N–H and O–H groups in total. The van der Waals surface area contributed by atoms with Gasteiger partial charge in [-0.1, -0.05) is 23.9 Å². The van der Waals surface area contributed by atoms with Crippen molar-refractivity contribution in [3.05, 3.63) is 59.7 Å². The topological polar surface area (TPSA) is 99.8 Å². The fraction of sp³-hybridized carbons (Fsp3) is 0.158. The number of amides is 2. The van der Waals surface area contributed by atoms with Gasteiger partial charge in [0.2, 0.25) is 17.0 Å². The number of aromatic amines is 1. The van der Waals surface area contributed by atoms with E-state index >= 15 is 0 Å². The van der Waals surface area contributed by atoms with E-state index in [1.165, 1.54) is 25.1 Å². The molecule has 0 aliphatic heterocycles. The van der Waals surface area contributed by atoms with E-state index in [0.29, 0.717) is 6.07 Å². The van der Waals surface area contributed by atoms with Crippen LogP contribution in [0.5, 0.6) is 0 Å². The number of hydrogen-bond donors (Lipinski definition) is 3. The molecule has 1 heterocycles. The van der Waals surface area contributed by atoms with Crippen molar-refractivity contribution in [2.75, 3.05) is 11.9 Å². The van der Waals surface area contributed by atoms with E-state index in [9.17, 15) is 27.2 Å². The Hall–Kier alpha value is -3.41. The van der Waals surface area contributed by atoms with Crippen LogP contribution in [0.2, 0.25) is 0 Å². The minimum Gasteiger partial charge on any atom is -0.346 e. The number of carbonyl (C=O) groups excluding carboxylic acids is 2. The Kier molecular flexibility index (Phi) is 6.90. The van der Waals surface area contributed by atoms with Crippen LogP contribution >= 0.6 is 11.8 Å². The SMILES string of the molecule is CC(Sc1n[nH]c(-c2ccccc2F)n1)C(=O)NCC(=O)Nc1ccc(F)c(F)c1F. The summed E-state index contributed by atoms with van der Waals surface area (Å²) in [6.45, 7) is 1.00. The van der Waals surface area contributed by atoms with Crippen molar-refractivity contribution < 1.29 is 27.2 Å². The Labute approximate surface area is 177 Å². The van der Waals surface area contributed by atoms with E-state index in [0.717, 1.165) is 17.8 Å². The predicted molar refractivity (Wildman–Crippen MR) is 105 cm³/mol. The number of halogens is 4. The Morgan fingerprint density at radius 1 is 1.06 bits per heavy atom. The lowest BCUT2D eigenvalue weighted by Gasteiger charge is -2.11. The summed E-state index contributed by atoms with van der Waals surface area (Å²) >= 11 is 0.964. The molecule has 2 amide bonds. The number of aromatic nitrogens is 3. The molecule has 0 spiro atoms. The molecular weight excluding hydrogens is 438 g/mol. The van der Waals surface area contributed by atoms with Crippen molar-refractivity contribution in [1.29, 1.82) is 0 Å². The number of rotatable bonds is 7. The standard InChI is InChI=1S/C19H15F4N5O2S/c1-9(31-19-26-17(27-28-19)10-4-2-3-5-11(10)20)18(30)24-8-14(29)25-13-7-6-12(21)15(22)16(13)23/h2-7,9H,8H2,1H3,(H,24,30)(H,25,29)(H,26,27,28). The molecule has 2 aromatic carbocycles. The van der Waals surface area contributed by atoms with Gasteiger partial charge >= 0.3 is 0 Å². The first kappa shape index (κ1) is 22.3. The summed E-state index contributed by atoms with van der Waals surface area (Å²) in [4.78, 5) is 28.2. The number of hydrogen-bond acceptors (Lipinski definition) is 5. The maximum Gasteiger partial charge on any atom is 0.243 e. The van der Waals surface area contributed by atoms with Crippen LogP contribution in [0.1, 0.15) is 6.92 Å². The number of carbonyl (C=O) groups is 2. The quantitative estimate of drug-likeness (QED) is 0.290. The Morgan fingerprint density at radius 2 is 1.81 bits per heavy atom. The third-order valence-corrected chi connectivity index (χ3v) is 4.94. The average molecular weight is 453 g/mol. The van der Waals surface area contributed by atoms with Crippen LogP contribution in [-0.4, -0.2) is 38.8 Å². The molecule has 0 saturated heterocycles. The summed E-state index contributed by atoms with van der Waals surface area (Å²) < 4.78 is 53.5. The molecule has 1 unspecified atom stereocenters. The summed E-state index contributed by atoms with van der Waals surface area (Å²) in [7, 11) is 0. The number of anilines is 1. The Morgan fingerprint density at radius 3 is 2.55 bits per heavy atom. The smallest absolute Gasteiger partial charge is 0.243 e. The summed E-state index contributed by atoms with van der Waals surface area (Å²) in [6, 6.07) is 7.50. The molecule has 0 fully saturated rings. The first-order chi connectivity index (χ1) is 14.8. The van der Waals surface area contributed by atoms with Gasteiger partial charge in [-0.05, 0) is 31.2 Å². The molecule has 162 valence electrons. The number of nitrogens with one attached hydrogen (secondary N) is 3. The molecule has 3 rings (SSSR count). The van der Waals surface area contributed by atoms with Crippen molar-refractivity contribution in [3.8, 4) is 11.4 Å². The highest BCUT2D eigenvalue weighted by molar-refractivity contribution is 8.00. The minimum atomic E-state index is -1.71. The second kappa shape index (κ2) is 9.60. The van der Waals surface area contributed by atoms with E-state index < -0.39 is 52.6 Å². The van der Waals surface area contributed by atoms with Crippen LogP contribution in [0.3, 0.4) is 0 Å². The van der Waals surface area contributed by atoms with Gasteiger partial charge in [-0.15, -0.1) is 5.10 Å². The van der Waals surface area contributed by atoms with Crippen molar-refractivity contribution in [1.82, 2.24) is 20.5 Å². The van der Waals surface area contributed by atoms with Crippen LogP contribution in [0.15, 0.2) is 41.6 Å². The molecule has 1 atom stereocenters. The molecule has 31 heavy (non-hydrogen) atoms. The largest absolute Gasteiger partial charge is 0.346 e. The minimum absolute atomic E-state index is 0.189. The van der Waals surface area contributed by atoms with Crippen LogP contribution in [0, 0.1) is 23.3 Å². The molecule has 3 aromatic rings. The van der Waals surface area contributed by atoms with Crippen molar-refractivity contribution in [2.24, 2.45) is 0 Å². The van der Waals surface area contributed by atoms with Crippen molar-refractivity contribution >= 4 is 29.3 Å². The van der Waals surface area contributed by atoms with Gasteiger partial charge < -0.3 is 10.6 Å². The van der Waals surface area contributed by atoms with Gasteiger partial charge in [0.15, 0.2) is 23.3 Å². The highest BCUT2D eigenvalue weighted by atomic mass is 32.2. The summed E-state index contributed by atoms with van der Waals surface area (Å²) in [5, 5.41) is 10.3. The van der Waals surface area contributed by atoms with Gasteiger partial charge in [0, 0.05) is 0 Å². The van der Waals surface area contributed by atoms with E-state index in [1.807, 2.05) is 5.32 Å². The molecule has 0 aliphatic carbocycles. The lowest BCUT2D eigenvalue weighted by Crippen LogP contribution is -2.37. The molecule has 0 bridgehead atoms. The molecular formula is C19H15F4N5O2S. The van der Waals surface area contributed by atoms with Gasteiger partial charge in [0.05, 0.1) is 23.0 Å². The number of H-pyrrole nitrogens is 1. The fourth-order valence-corrected chi connectivity index (χ4v) is 3.16. The van der Waals surface area contributed by atoms with Gasteiger partial charge in [0.1, 0.15) is 5.82 Å². The van der Waals surface area contributed by atoms with Gasteiger partial charge in [0.25, 0.3) is 0 Å². The highest BCUT2D eigenvalue weighted by Gasteiger charge is 2.20.